The molecule has 6 heteroatoms. The van der Waals surface area contributed by atoms with Gasteiger partial charge in [-0.1, -0.05) is 6.07 Å². The average molecular weight is 353 g/mol. The molecule has 0 bridgehead atoms. The predicted octanol–water partition coefficient (Wildman–Crippen LogP) is 2.54. The zero-order chi connectivity index (χ0) is 15.6. The van der Waals surface area contributed by atoms with Crippen molar-refractivity contribution in [1.29, 1.82) is 0 Å². The third-order valence-corrected chi connectivity index (χ3v) is 5.18. The van der Waals surface area contributed by atoms with Crippen molar-refractivity contribution in [2.75, 3.05) is 32.8 Å². The van der Waals surface area contributed by atoms with E-state index in [9.17, 15) is 4.79 Å². The number of nitrogens with zero attached hydrogens (tertiary/aromatic N) is 1. The van der Waals surface area contributed by atoms with Gasteiger partial charge in [0.15, 0.2) is 11.5 Å². The Kier molecular flexibility index (Phi) is 5.51. The number of hydrogen-bond donors (Lipinski definition) is 1. The van der Waals surface area contributed by atoms with Crippen LogP contribution in [0.15, 0.2) is 18.2 Å². The second-order valence-electron chi connectivity index (χ2n) is 6.62. The summed E-state index contributed by atoms with van der Waals surface area (Å²) in [6.45, 7) is 3.99. The van der Waals surface area contributed by atoms with Gasteiger partial charge in [0.25, 0.3) is 0 Å². The molecule has 4 rings (SSSR count). The number of carbonyl (C=O) groups excluding carboxylic acids is 1. The number of fused-ring (bicyclic) bond motifs is 1. The molecule has 2 fully saturated rings. The number of amides is 1. The van der Waals surface area contributed by atoms with Crippen molar-refractivity contribution in [1.82, 2.24) is 10.2 Å². The Hall–Kier alpha value is -1.46. The fraction of sp³-hybridized carbons (Fsp3) is 0.611. The number of benzene rings is 1. The first-order chi connectivity index (χ1) is 11.3. The summed E-state index contributed by atoms with van der Waals surface area (Å²) in [5.41, 5.74) is 1.18. The number of rotatable bonds is 2. The minimum atomic E-state index is 0. The summed E-state index contributed by atoms with van der Waals surface area (Å²) < 4.78 is 11.3. The van der Waals surface area contributed by atoms with Gasteiger partial charge in [-0.2, -0.15) is 0 Å². The van der Waals surface area contributed by atoms with Gasteiger partial charge in [0.1, 0.15) is 13.2 Å². The number of likely N-dealkylation sites (tertiary alicyclic amines) is 1. The molecule has 24 heavy (non-hydrogen) atoms. The number of ether oxygens (including phenoxy) is 2. The quantitative estimate of drug-likeness (QED) is 0.888. The lowest BCUT2D eigenvalue weighted by molar-refractivity contribution is -0.137. The summed E-state index contributed by atoms with van der Waals surface area (Å²) in [4.78, 5) is 15.0. The number of hydrogen-bond acceptors (Lipinski definition) is 4. The molecule has 3 aliphatic rings. The summed E-state index contributed by atoms with van der Waals surface area (Å²) in [7, 11) is 0. The zero-order valence-corrected chi connectivity index (χ0v) is 14.6. The lowest BCUT2D eigenvalue weighted by Gasteiger charge is -2.31. The Labute approximate surface area is 149 Å². The minimum absolute atomic E-state index is 0. The summed E-state index contributed by atoms with van der Waals surface area (Å²) >= 11 is 0. The Morgan fingerprint density at radius 3 is 2.62 bits per heavy atom. The minimum Gasteiger partial charge on any atom is -0.486 e. The standard InChI is InChI=1S/C18H24N2O3.ClH/c21-18(13-5-7-19-8-6-13)20-9-1-2-15(20)14-3-4-16-17(12-14)23-11-10-22-16;/h3-4,12-13,15,19H,1-2,5-11H2;1H. The zero-order valence-electron chi connectivity index (χ0n) is 13.8. The lowest BCUT2D eigenvalue weighted by atomic mass is 9.95. The first-order valence-corrected chi connectivity index (χ1v) is 8.73. The maximum atomic E-state index is 12.9. The molecule has 5 nitrogen and oxygen atoms in total. The van der Waals surface area contributed by atoms with Crippen LogP contribution < -0.4 is 14.8 Å². The molecule has 3 aliphatic heterocycles. The van der Waals surface area contributed by atoms with Crippen LogP contribution in [0, 0.1) is 5.92 Å². The maximum absolute atomic E-state index is 12.9. The Morgan fingerprint density at radius 2 is 1.83 bits per heavy atom. The summed E-state index contributed by atoms with van der Waals surface area (Å²) in [5.74, 6) is 2.15. The first-order valence-electron chi connectivity index (χ1n) is 8.73. The molecule has 1 aromatic carbocycles. The van der Waals surface area contributed by atoms with Gasteiger partial charge < -0.3 is 19.7 Å². The average Bonchev–Trinajstić information content (AvgIpc) is 3.11. The molecule has 3 heterocycles. The number of nitrogens with one attached hydrogen (secondary N) is 1. The van der Waals surface area contributed by atoms with Crippen LogP contribution in [0.25, 0.3) is 0 Å². The van der Waals surface area contributed by atoms with Crippen molar-refractivity contribution in [3.05, 3.63) is 23.8 Å². The van der Waals surface area contributed by atoms with Crippen LogP contribution in [0.2, 0.25) is 0 Å². The van der Waals surface area contributed by atoms with E-state index in [1.165, 1.54) is 5.56 Å². The molecule has 1 N–H and O–H groups in total. The highest BCUT2D eigenvalue weighted by molar-refractivity contribution is 5.85. The van der Waals surface area contributed by atoms with Crippen molar-refractivity contribution >= 4 is 18.3 Å². The molecule has 0 aliphatic carbocycles. The van der Waals surface area contributed by atoms with Crippen LogP contribution in [0.5, 0.6) is 11.5 Å². The van der Waals surface area contributed by atoms with Crippen LogP contribution in [-0.4, -0.2) is 43.7 Å². The molecule has 0 spiro atoms. The lowest BCUT2D eigenvalue weighted by Crippen LogP contribution is -2.40. The largest absolute Gasteiger partial charge is 0.486 e. The van der Waals surface area contributed by atoms with Crippen LogP contribution in [0.4, 0.5) is 0 Å². The maximum Gasteiger partial charge on any atom is 0.226 e. The topological polar surface area (TPSA) is 50.8 Å². The third kappa shape index (κ3) is 3.33. The van der Waals surface area contributed by atoms with E-state index in [0.717, 1.165) is 56.8 Å². The van der Waals surface area contributed by atoms with Crippen molar-refractivity contribution in [2.24, 2.45) is 5.92 Å². The van der Waals surface area contributed by atoms with Crippen LogP contribution in [0.3, 0.4) is 0 Å². The van der Waals surface area contributed by atoms with E-state index in [1.54, 1.807) is 0 Å². The van der Waals surface area contributed by atoms with Gasteiger partial charge in [0, 0.05) is 12.5 Å². The Balaban J connectivity index is 0.00000169. The van der Waals surface area contributed by atoms with E-state index in [2.05, 4.69) is 22.3 Å². The van der Waals surface area contributed by atoms with Gasteiger partial charge >= 0.3 is 0 Å². The van der Waals surface area contributed by atoms with Crippen LogP contribution >= 0.6 is 12.4 Å². The van der Waals surface area contributed by atoms with E-state index in [1.807, 2.05) is 6.07 Å². The molecular formula is C18H25ClN2O3. The van der Waals surface area contributed by atoms with E-state index >= 15 is 0 Å². The third-order valence-electron chi connectivity index (χ3n) is 5.18. The van der Waals surface area contributed by atoms with Gasteiger partial charge in [0.2, 0.25) is 5.91 Å². The van der Waals surface area contributed by atoms with Gasteiger partial charge in [0.05, 0.1) is 6.04 Å². The molecule has 0 radical (unpaired) electrons. The molecular weight excluding hydrogens is 328 g/mol. The van der Waals surface area contributed by atoms with Crippen LogP contribution in [-0.2, 0) is 4.79 Å². The number of carbonyl (C=O) groups is 1. The molecule has 2 saturated heterocycles. The summed E-state index contributed by atoms with van der Waals surface area (Å²) in [6.07, 6.45) is 4.04. The molecule has 0 saturated carbocycles. The van der Waals surface area contributed by atoms with Gasteiger partial charge in [-0.15, -0.1) is 12.4 Å². The van der Waals surface area contributed by atoms with E-state index in [4.69, 9.17) is 9.47 Å². The molecule has 0 aromatic heterocycles. The number of piperidine rings is 1. The normalized spacial score (nSPS) is 23.7. The van der Waals surface area contributed by atoms with Crippen molar-refractivity contribution in [3.8, 4) is 11.5 Å². The highest BCUT2D eigenvalue weighted by atomic mass is 35.5. The van der Waals surface area contributed by atoms with Crippen molar-refractivity contribution in [3.63, 3.8) is 0 Å². The van der Waals surface area contributed by atoms with Crippen molar-refractivity contribution < 1.29 is 14.3 Å². The van der Waals surface area contributed by atoms with Gasteiger partial charge in [-0.3, -0.25) is 4.79 Å². The molecule has 1 aromatic rings. The molecule has 1 unspecified atom stereocenters. The van der Waals surface area contributed by atoms with Crippen LogP contribution in [0.1, 0.15) is 37.3 Å². The smallest absolute Gasteiger partial charge is 0.226 e. The predicted molar refractivity (Wildman–Crippen MR) is 94.0 cm³/mol. The number of halogens is 1. The van der Waals surface area contributed by atoms with Gasteiger partial charge in [-0.25, -0.2) is 0 Å². The first kappa shape index (κ1) is 17.4. The highest BCUT2D eigenvalue weighted by Crippen LogP contribution is 2.39. The highest BCUT2D eigenvalue weighted by Gasteiger charge is 2.34. The van der Waals surface area contributed by atoms with E-state index in [0.29, 0.717) is 19.1 Å². The monoisotopic (exact) mass is 352 g/mol. The second kappa shape index (κ2) is 7.62. The second-order valence-corrected chi connectivity index (χ2v) is 6.62. The fourth-order valence-corrected chi connectivity index (χ4v) is 3.95. The van der Waals surface area contributed by atoms with Crippen molar-refractivity contribution in [2.45, 2.75) is 31.7 Å². The summed E-state index contributed by atoms with van der Waals surface area (Å²) in [5, 5.41) is 3.34. The fourth-order valence-electron chi connectivity index (χ4n) is 3.95. The molecule has 1 atom stereocenters. The Bertz CT molecular complexity index is 590. The Morgan fingerprint density at radius 1 is 1.08 bits per heavy atom. The van der Waals surface area contributed by atoms with E-state index in [-0.39, 0.29) is 24.4 Å². The molecule has 132 valence electrons. The summed E-state index contributed by atoms with van der Waals surface area (Å²) in [6, 6.07) is 6.32. The molecule has 1 amide bonds. The van der Waals surface area contributed by atoms with Gasteiger partial charge in [-0.05, 0) is 56.5 Å². The van der Waals surface area contributed by atoms with E-state index < -0.39 is 0 Å². The SMILES string of the molecule is Cl.O=C(C1CCNCC1)N1CCCC1c1ccc2c(c1)OCCO2.